The molecule has 0 radical (unpaired) electrons. The molecule has 0 aliphatic carbocycles. The zero-order chi connectivity index (χ0) is 13.2. The standard InChI is InChI=1S/C11H13N5O2/c1-7-8(4-5-13-15-7)9(17)14-11(2,3)10-12-6-18-16-10/h4-6H,1-3H3,(H,14,17). The van der Waals surface area contributed by atoms with E-state index in [-0.39, 0.29) is 5.91 Å². The van der Waals surface area contributed by atoms with E-state index in [0.29, 0.717) is 17.1 Å². The van der Waals surface area contributed by atoms with Crippen LogP contribution in [0.25, 0.3) is 0 Å². The molecule has 0 bridgehead atoms. The van der Waals surface area contributed by atoms with E-state index in [1.807, 2.05) is 0 Å². The molecule has 94 valence electrons. The van der Waals surface area contributed by atoms with Gasteiger partial charge in [-0.3, -0.25) is 4.79 Å². The van der Waals surface area contributed by atoms with Crippen molar-refractivity contribution in [2.24, 2.45) is 0 Å². The fraction of sp³-hybridized carbons (Fsp3) is 0.364. The normalized spacial score (nSPS) is 11.3. The first-order valence-electron chi connectivity index (χ1n) is 5.38. The van der Waals surface area contributed by atoms with E-state index >= 15 is 0 Å². The van der Waals surface area contributed by atoms with Crippen LogP contribution in [0.2, 0.25) is 0 Å². The Morgan fingerprint density at radius 1 is 1.44 bits per heavy atom. The number of nitrogens with one attached hydrogen (secondary N) is 1. The van der Waals surface area contributed by atoms with Gasteiger partial charge in [0.15, 0.2) is 5.82 Å². The number of carbonyl (C=O) groups excluding carboxylic acids is 1. The molecule has 0 aliphatic rings. The van der Waals surface area contributed by atoms with E-state index in [9.17, 15) is 4.79 Å². The molecule has 7 nitrogen and oxygen atoms in total. The Balaban J connectivity index is 2.20. The van der Waals surface area contributed by atoms with Crippen LogP contribution in [0.5, 0.6) is 0 Å². The van der Waals surface area contributed by atoms with E-state index in [1.54, 1.807) is 26.8 Å². The molecule has 1 amide bonds. The largest absolute Gasteiger partial charge is 0.343 e. The maximum Gasteiger partial charge on any atom is 0.254 e. The highest BCUT2D eigenvalue weighted by Crippen LogP contribution is 2.16. The molecule has 0 saturated carbocycles. The lowest BCUT2D eigenvalue weighted by Crippen LogP contribution is -2.42. The average molecular weight is 247 g/mol. The number of rotatable bonds is 3. The highest BCUT2D eigenvalue weighted by atomic mass is 16.5. The fourth-order valence-corrected chi connectivity index (χ4v) is 1.50. The van der Waals surface area contributed by atoms with Gasteiger partial charge < -0.3 is 9.84 Å². The Hall–Kier alpha value is -2.31. The van der Waals surface area contributed by atoms with Crippen molar-refractivity contribution >= 4 is 5.91 Å². The number of aryl methyl sites for hydroxylation is 1. The summed E-state index contributed by atoms with van der Waals surface area (Å²) < 4.78 is 4.68. The van der Waals surface area contributed by atoms with Crippen LogP contribution in [-0.2, 0) is 5.54 Å². The van der Waals surface area contributed by atoms with E-state index in [4.69, 9.17) is 0 Å². The maximum atomic E-state index is 12.1. The van der Waals surface area contributed by atoms with Crippen LogP contribution in [0, 0.1) is 6.92 Å². The molecule has 2 rings (SSSR count). The predicted molar refractivity (Wildman–Crippen MR) is 61.6 cm³/mol. The van der Waals surface area contributed by atoms with Crippen LogP contribution in [0.1, 0.15) is 35.7 Å². The summed E-state index contributed by atoms with van der Waals surface area (Å²) in [4.78, 5) is 16.0. The molecule has 1 N–H and O–H groups in total. The second-order valence-corrected chi connectivity index (χ2v) is 4.36. The maximum absolute atomic E-state index is 12.1. The first kappa shape index (κ1) is 12.2. The molecule has 0 spiro atoms. The van der Waals surface area contributed by atoms with Gasteiger partial charge in [-0.15, -0.1) is 0 Å². The first-order valence-corrected chi connectivity index (χ1v) is 5.38. The van der Waals surface area contributed by atoms with Gasteiger partial charge in [0, 0.05) is 0 Å². The van der Waals surface area contributed by atoms with Crippen molar-refractivity contribution in [2.45, 2.75) is 26.3 Å². The molecule has 0 fully saturated rings. The summed E-state index contributed by atoms with van der Waals surface area (Å²) in [5.74, 6) is 0.160. The zero-order valence-electron chi connectivity index (χ0n) is 10.3. The number of amides is 1. The predicted octanol–water partition coefficient (Wildman–Crippen LogP) is 0.833. The summed E-state index contributed by atoms with van der Waals surface area (Å²) in [5.41, 5.74) is 0.320. The summed E-state index contributed by atoms with van der Waals surface area (Å²) >= 11 is 0. The summed E-state index contributed by atoms with van der Waals surface area (Å²) in [6.45, 7) is 5.31. The first-order chi connectivity index (χ1) is 8.50. The minimum Gasteiger partial charge on any atom is -0.343 e. The minimum absolute atomic E-state index is 0.253. The van der Waals surface area contributed by atoms with Gasteiger partial charge in [0.05, 0.1) is 23.0 Å². The van der Waals surface area contributed by atoms with Crippen molar-refractivity contribution in [1.82, 2.24) is 25.7 Å². The average Bonchev–Trinajstić information content (AvgIpc) is 2.82. The minimum atomic E-state index is -0.722. The van der Waals surface area contributed by atoms with Crippen molar-refractivity contribution in [3.63, 3.8) is 0 Å². The Morgan fingerprint density at radius 2 is 2.22 bits per heavy atom. The van der Waals surface area contributed by atoms with Gasteiger partial charge in [0.25, 0.3) is 5.91 Å². The van der Waals surface area contributed by atoms with Gasteiger partial charge in [-0.25, -0.2) is 0 Å². The fourth-order valence-electron chi connectivity index (χ4n) is 1.50. The van der Waals surface area contributed by atoms with Gasteiger partial charge in [-0.2, -0.15) is 15.2 Å². The third kappa shape index (κ3) is 2.34. The highest BCUT2D eigenvalue weighted by molar-refractivity contribution is 5.95. The molecule has 2 aromatic rings. The van der Waals surface area contributed by atoms with Gasteiger partial charge in [-0.1, -0.05) is 5.16 Å². The molecule has 2 aromatic heterocycles. The lowest BCUT2D eigenvalue weighted by Gasteiger charge is -2.22. The Labute approximate surface area is 104 Å². The molecule has 0 aliphatic heterocycles. The smallest absolute Gasteiger partial charge is 0.254 e. The monoisotopic (exact) mass is 247 g/mol. The number of nitrogens with zero attached hydrogens (tertiary/aromatic N) is 4. The van der Waals surface area contributed by atoms with Crippen LogP contribution in [0.3, 0.4) is 0 Å². The van der Waals surface area contributed by atoms with E-state index < -0.39 is 5.54 Å². The van der Waals surface area contributed by atoms with E-state index in [0.717, 1.165) is 0 Å². The molecule has 7 heteroatoms. The molecule has 0 aromatic carbocycles. The van der Waals surface area contributed by atoms with Crippen molar-refractivity contribution < 1.29 is 9.32 Å². The van der Waals surface area contributed by atoms with E-state index in [2.05, 4.69) is 30.2 Å². The van der Waals surface area contributed by atoms with Gasteiger partial charge in [0.2, 0.25) is 6.39 Å². The van der Waals surface area contributed by atoms with Crippen molar-refractivity contribution in [3.05, 3.63) is 35.7 Å². The van der Waals surface area contributed by atoms with Crippen LogP contribution in [-0.4, -0.2) is 26.2 Å². The number of aromatic nitrogens is 4. The Morgan fingerprint density at radius 3 is 2.83 bits per heavy atom. The van der Waals surface area contributed by atoms with Crippen LogP contribution in [0.4, 0.5) is 0 Å². The highest BCUT2D eigenvalue weighted by Gasteiger charge is 2.28. The van der Waals surface area contributed by atoms with Crippen LogP contribution < -0.4 is 5.32 Å². The van der Waals surface area contributed by atoms with Gasteiger partial charge in [-0.05, 0) is 26.8 Å². The number of hydrogen-bond donors (Lipinski definition) is 1. The third-order valence-corrected chi connectivity index (χ3v) is 2.50. The summed E-state index contributed by atoms with van der Waals surface area (Å²) in [7, 11) is 0. The third-order valence-electron chi connectivity index (χ3n) is 2.50. The Bertz CT molecular complexity index is 550. The summed E-state index contributed by atoms with van der Waals surface area (Å²) in [6.07, 6.45) is 2.70. The second-order valence-electron chi connectivity index (χ2n) is 4.36. The zero-order valence-corrected chi connectivity index (χ0v) is 10.3. The molecule has 0 unspecified atom stereocenters. The van der Waals surface area contributed by atoms with Gasteiger partial charge in [0.1, 0.15) is 0 Å². The van der Waals surface area contributed by atoms with Crippen LogP contribution >= 0.6 is 0 Å². The summed E-state index contributed by atoms with van der Waals surface area (Å²) in [5, 5.41) is 14.1. The van der Waals surface area contributed by atoms with Gasteiger partial charge >= 0.3 is 0 Å². The topological polar surface area (TPSA) is 93.8 Å². The lowest BCUT2D eigenvalue weighted by molar-refractivity contribution is 0.0906. The lowest BCUT2D eigenvalue weighted by atomic mass is 10.0. The molecule has 0 saturated heterocycles. The molecular weight excluding hydrogens is 234 g/mol. The van der Waals surface area contributed by atoms with Crippen molar-refractivity contribution in [1.29, 1.82) is 0 Å². The Kier molecular flexibility index (Phi) is 3.05. The molecular formula is C11H13N5O2. The quantitative estimate of drug-likeness (QED) is 0.863. The van der Waals surface area contributed by atoms with Crippen molar-refractivity contribution in [2.75, 3.05) is 0 Å². The van der Waals surface area contributed by atoms with Crippen LogP contribution in [0.15, 0.2) is 23.2 Å². The van der Waals surface area contributed by atoms with Crippen molar-refractivity contribution in [3.8, 4) is 0 Å². The SMILES string of the molecule is Cc1nnccc1C(=O)NC(C)(C)c1ncon1. The van der Waals surface area contributed by atoms with E-state index in [1.165, 1.54) is 12.6 Å². The molecule has 18 heavy (non-hydrogen) atoms. The summed E-state index contributed by atoms with van der Waals surface area (Å²) in [6, 6.07) is 1.62. The molecule has 2 heterocycles. The second kappa shape index (κ2) is 4.52. The number of hydrogen-bond acceptors (Lipinski definition) is 6. The number of carbonyl (C=O) groups is 1. The molecule has 0 atom stereocenters.